The highest BCUT2D eigenvalue weighted by Crippen LogP contribution is 2.47. The van der Waals surface area contributed by atoms with Crippen LogP contribution in [0.5, 0.6) is 0 Å². The van der Waals surface area contributed by atoms with Crippen LogP contribution in [0.15, 0.2) is 30.3 Å². The second-order valence-electron chi connectivity index (χ2n) is 5.34. The largest absolute Gasteiger partial charge is 0.0799 e. The number of hydrogen-bond acceptors (Lipinski definition) is 0. The van der Waals surface area contributed by atoms with Gasteiger partial charge in [-0.3, -0.25) is 0 Å². The summed E-state index contributed by atoms with van der Waals surface area (Å²) >= 11 is 0. The zero-order valence-electron chi connectivity index (χ0n) is 10.2. The third-order valence-corrected chi connectivity index (χ3v) is 3.96. The molecule has 0 aromatic heterocycles. The van der Waals surface area contributed by atoms with Crippen LogP contribution in [0.4, 0.5) is 0 Å². The standard InChI is InChI=1S/C15H20/c1-11-5-8-13(9-6-11)14-10-7-12(2)15(14,3)4/h5-6,8-10,12H,7H2,1-4H3/t12-/m0/s1. The maximum atomic E-state index is 2.41. The van der Waals surface area contributed by atoms with Crippen LogP contribution < -0.4 is 0 Å². The van der Waals surface area contributed by atoms with Crippen molar-refractivity contribution in [3.05, 3.63) is 41.5 Å². The van der Waals surface area contributed by atoms with Crippen molar-refractivity contribution in [3.63, 3.8) is 0 Å². The van der Waals surface area contributed by atoms with Gasteiger partial charge in [-0.05, 0) is 35.8 Å². The molecule has 1 aliphatic rings. The molecule has 80 valence electrons. The van der Waals surface area contributed by atoms with E-state index in [-0.39, 0.29) is 0 Å². The summed E-state index contributed by atoms with van der Waals surface area (Å²) in [6.45, 7) is 9.20. The number of allylic oxidation sites excluding steroid dienone is 2. The summed E-state index contributed by atoms with van der Waals surface area (Å²) in [5.74, 6) is 0.758. The van der Waals surface area contributed by atoms with E-state index in [1.165, 1.54) is 23.1 Å². The van der Waals surface area contributed by atoms with Crippen LogP contribution in [-0.4, -0.2) is 0 Å². The average Bonchev–Trinajstić information content (AvgIpc) is 2.44. The van der Waals surface area contributed by atoms with E-state index in [4.69, 9.17) is 0 Å². The lowest BCUT2D eigenvalue weighted by molar-refractivity contribution is 0.348. The Morgan fingerprint density at radius 2 is 1.73 bits per heavy atom. The fourth-order valence-corrected chi connectivity index (χ4v) is 2.34. The highest BCUT2D eigenvalue weighted by Gasteiger charge is 2.34. The van der Waals surface area contributed by atoms with Crippen molar-refractivity contribution < 1.29 is 0 Å². The Kier molecular flexibility index (Phi) is 2.46. The van der Waals surface area contributed by atoms with E-state index in [0.717, 1.165) is 5.92 Å². The van der Waals surface area contributed by atoms with Gasteiger partial charge in [-0.1, -0.05) is 56.7 Å². The number of aryl methyl sites for hydroxylation is 1. The lowest BCUT2D eigenvalue weighted by atomic mass is 9.76. The average molecular weight is 200 g/mol. The molecule has 15 heavy (non-hydrogen) atoms. The second-order valence-corrected chi connectivity index (χ2v) is 5.34. The van der Waals surface area contributed by atoms with E-state index in [1.54, 1.807) is 0 Å². The van der Waals surface area contributed by atoms with E-state index >= 15 is 0 Å². The molecule has 0 spiro atoms. The van der Waals surface area contributed by atoms with Gasteiger partial charge in [0.15, 0.2) is 0 Å². The molecule has 0 heteroatoms. The van der Waals surface area contributed by atoms with Crippen molar-refractivity contribution in [1.82, 2.24) is 0 Å². The van der Waals surface area contributed by atoms with Gasteiger partial charge in [0.2, 0.25) is 0 Å². The van der Waals surface area contributed by atoms with E-state index in [2.05, 4.69) is 58.0 Å². The van der Waals surface area contributed by atoms with Gasteiger partial charge < -0.3 is 0 Å². The predicted molar refractivity (Wildman–Crippen MR) is 66.7 cm³/mol. The zero-order chi connectivity index (χ0) is 11.1. The maximum absolute atomic E-state index is 2.41. The molecule has 0 nitrogen and oxygen atoms in total. The van der Waals surface area contributed by atoms with Crippen molar-refractivity contribution in [2.45, 2.75) is 34.1 Å². The molecule has 0 heterocycles. The van der Waals surface area contributed by atoms with Crippen LogP contribution in [0.25, 0.3) is 5.57 Å². The third kappa shape index (κ3) is 1.73. The van der Waals surface area contributed by atoms with Crippen molar-refractivity contribution in [3.8, 4) is 0 Å². The molecule has 0 amide bonds. The molecule has 2 rings (SSSR count). The summed E-state index contributed by atoms with van der Waals surface area (Å²) in [6, 6.07) is 8.91. The van der Waals surface area contributed by atoms with E-state index in [0.29, 0.717) is 5.41 Å². The fourth-order valence-electron chi connectivity index (χ4n) is 2.34. The van der Waals surface area contributed by atoms with Crippen molar-refractivity contribution >= 4 is 5.57 Å². The lowest BCUT2D eigenvalue weighted by Gasteiger charge is -2.28. The lowest BCUT2D eigenvalue weighted by Crippen LogP contribution is -2.17. The second kappa shape index (κ2) is 3.52. The molecule has 0 bridgehead atoms. The Morgan fingerprint density at radius 3 is 2.20 bits per heavy atom. The summed E-state index contributed by atoms with van der Waals surface area (Å²) in [6.07, 6.45) is 3.63. The summed E-state index contributed by atoms with van der Waals surface area (Å²) in [5.41, 5.74) is 4.59. The van der Waals surface area contributed by atoms with Gasteiger partial charge in [0.1, 0.15) is 0 Å². The Bertz CT molecular complexity index is 379. The number of rotatable bonds is 1. The Morgan fingerprint density at radius 1 is 1.13 bits per heavy atom. The quantitative estimate of drug-likeness (QED) is 0.628. The van der Waals surface area contributed by atoms with Crippen LogP contribution >= 0.6 is 0 Å². The van der Waals surface area contributed by atoms with Crippen LogP contribution in [0, 0.1) is 18.3 Å². The molecule has 0 saturated heterocycles. The molecule has 0 radical (unpaired) electrons. The predicted octanol–water partition coefficient (Wildman–Crippen LogP) is 4.44. The molecule has 0 N–H and O–H groups in total. The Hall–Kier alpha value is -1.04. The monoisotopic (exact) mass is 200 g/mol. The van der Waals surface area contributed by atoms with Gasteiger partial charge in [-0.2, -0.15) is 0 Å². The van der Waals surface area contributed by atoms with Gasteiger partial charge in [-0.25, -0.2) is 0 Å². The highest BCUT2D eigenvalue weighted by molar-refractivity contribution is 5.72. The van der Waals surface area contributed by atoms with Crippen molar-refractivity contribution in [2.75, 3.05) is 0 Å². The molecule has 0 saturated carbocycles. The minimum Gasteiger partial charge on any atom is -0.0799 e. The van der Waals surface area contributed by atoms with Crippen LogP contribution in [0.1, 0.15) is 38.3 Å². The van der Waals surface area contributed by atoms with E-state index < -0.39 is 0 Å². The fraction of sp³-hybridized carbons (Fsp3) is 0.467. The molecule has 0 unspecified atom stereocenters. The molecular formula is C15H20. The van der Waals surface area contributed by atoms with E-state index in [1.807, 2.05) is 0 Å². The Balaban J connectivity index is 2.37. The smallest absolute Gasteiger partial charge is 0.00722 e. The first-order chi connectivity index (χ1) is 7.01. The minimum atomic E-state index is 0.329. The SMILES string of the molecule is Cc1ccc(C2=CC[C@H](C)C2(C)C)cc1. The Labute approximate surface area is 93.0 Å². The van der Waals surface area contributed by atoms with Crippen LogP contribution in [-0.2, 0) is 0 Å². The maximum Gasteiger partial charge on any atom is -0.00722 e. The molecule has 1 aromatic carbocycles. The first kappa shape index (κ1) is 10.5. The van der Waals surface area contributed by atoms with Gasteiger partial charge in [-0.15, -0.1) is 0 Å². The normalized spacial score (nSPS) is 24.0. The first-order valence-corrected chi connectivity index (χ1v) is 5.79. The van der Waals surface area contributed by atoms with Gasteiger partial charge >= 0.3 is 0 Å². The number of hydrogen-bond donors (Lipinski definition) is 0. The molecule has 1 aliphatic carbocycles. The topological polar surface area (TPSA) is 0 Å². The van der Waals surface area contributed by atoms with Crippen LogP contribution in [0.2, 0.25) is 0 Å². The van der Waals surface area contributed by atoms with Crippen molar-refractivity contribution in [2.24, 2.45) is 11.3 Å². The van der Waals surface area contributed by atoms with Crippen molar-refractivity contribution in [1.29, 1.82) is 0 Å². The molecule has 0 fully saturated rings. The summed E-state index contributed by atoms with van der Waals surface area (Å²) in [5, 5.41) is 0. The van der Waals surface area contributed by atoms with Crippen LogP contribution in [0.3, 0.4) is 0 Å². The van der Waals surface area contributed by atoms with Gasteiger partial charge in [0, 0.05) is 0 Å². The van der Waals surface area contributed by atoms with Gasteiger partial charge in [0.05, 0.1) is 0 Å². The molecule has 1 aromatic rings. The molecule has 1 atom stereocenters. The first-order valence-electron chi connectivity index (χ1n) is 5.79. The minimum absolute atomic E-state index is 0.329. The summed E-state index contributed by atoms with van der Waals surface area (Å²) in [7, 11) is 0. The summed E-state index contributed by atoms with van der Waals surface area (Å²) in [4.78, 5) is 0. The molecule has 0 aliphatic heterocycles. The third-order valence-electron chi connectivity index (χ3n) is 3.96. The van der Waals surface area contributed by atoms with E-state index in [9.17, 15) is 0 Å². The zero-order valence-corrected chi connectivity index (χ0v) is 10.2. The number of benzene rings is 1. The summed E-state index contributed by atoms with van der Waals surface area (Å²) < 4.78 is 0. The van der Waals surface area contributed by atoms with Gasteiger partial charge in [0.25, 0.3) is 0 Å². The highest BCUT2D eigenvalue weighted by atomic mass is 14.4. The molecular weight excluding hydrogens is 180 g/mol.